The summed E-state index contributed by atoms with van der Waals surface area (Å²) in [6.45, 7) is 0. The fourth-order valence-corrected chi connectivity index (χ4v) is 2.24. The quantitative estimate of drug-likeness (QED) is 0.911. The van der Waals surface area contributed by atoms with E-state index in [2.05, 4.69) is 0 Å². The number of halogens is 4. The Bertz CT molecular complexity index is 563. The van der Waals surface area contributed by atoms with Gasteiger partial charge in [0.25, 0.3) is 0 Å². The van der Waals surface area contributed by atoms with Gasteiger partial charge >= 0.3 is 0 Å². The van der Waals surface area contributed by atoms with Crippen molar-refractivity contribution in [2.75, 3.05) is 0 Å². The first kappa shape index (κ1) is 14.9. The summed E-state index contributed by atoms with van der Waals surface area (Å²) in [6, 6.07) is 8.03. The SMILES string of the molecule is NC(Cc1cccc(F)c1F)Cc1cccc(Cl)c1F. The largest absolute Gasteiger partial charge is 0.327 e. The molecule has 20 heavy (non-hydrogen) atoms. The van der Waals surface area contributed by atoms with Crippen molar-refractivity contribution in [3.8, 4) is 0 Å². The van der Waals surface area contributed by atoms with E-state index in [0.717, 1.165) is 6.07 Å². The Hall–Kier alpha value is -1.52. The summed E-state index contributed by atoms with van der Waals surface area (Å²) in [6.07, 6.45) is 0.317. The molecule has 2 aromatic carbocycles. The third-order valence-corrected chi connectivity index (χ3v) is 3.32. The lowest BCUT2D eigenvalue weighted by Gasteiger charge is -2.13. The molecule has 1 atom stereocenters. The van der Waals surface area contributed by atoms with Crippen LogP contribution in [-0.2, 0) is 12.8 Å². The normalized spacial score (nSPS) is 12.4. The zero-order valence-corrected chi connectivity index (χ0v) is 11.3. The Morgan fingerprint density at radius 2 is 1.45 bits per heavy atom. The fourth-order valence-electron chi connectivity index (χ4n) is 2.05. The van der Waals surface area contributed by atoms with Crippen LogP contribution in [0.15, 0.2) is 36.4 Å². The van der Waals surface area contributed by atoms with Crippen LogP contribution in [0.4, 0.5) is 13.2 Å². The standard InChI is InChI=1S/C15H13ClF3N/c16-12-5-1-3-9(14(12)18)7-11(20)8-10-4-2-6-13(17)15(10)19/h1-6,11H,7-8,20H2. The Morgan fingerprint density at radius 3 is 2.10 bits per heavy atom. The Labute approximate surface area is 120 Å². The summed E-state index contributed by atoms with van der Waals surface area (Å²) >= 11 is 5.68. The molecule has 2 rings (SSSR count). The first-order valence-electron chi connectivity index (χ1n) is 6.10. The molecule has 0 heterocycles. The summed E-state index contributed by atoms with van der Waals surface area (Å²) in [5.41, 5.74) is 6.42. The van der Waals surface area contributed by atoms with Gasteiger partial charge in [-0.2, -0.15) is 0 Å². The first-order valence-corrected chi connectivity index (χ1v) is 6.48. The first-order chi connectivity index (χ1) is 9.49. The number of rotatable bonds is 4. The highest BCUT2D eigenvalue weighted by Gasteiger charge is 2.14. The second-order valence-electron chi connectivity index (χ2n) is 4.59. The van der Waals surface area contributed by atoms with E-state index in [1.54, 1.807) is 12.1 Å². The molecule has 0 fully saturated rings. The molecule has 1 nitrogen and oxygen atoms in total. The van der Waals surface area contributed by atoms with Crippen LogP contribution >= 0.6 is 11.6 Å². The van der Waals surface area contributed by atoms with Gasteiger partial charge in [0.15, 0.2) is 11.6 Å². The monoisotopic (exact) mass is 299 g/mol. The number of hydrogen-bond acceptors (Lipinski definition) is 1. The van der Waals surface area contributed by atoms with Crippen LogP contribution in [0.1, 0.15) is 11.1 Å². The van der Waals surface area contributed by atoms with Crippen molar-refractivity contribution >= 4 is 11.6 Å². The predicted octanol–water partition coefficient (Wildman–Crippen LogP) is 3.87. The van der Waals surface area contributed by atoms with Gasteiger partial charge in [-0.05, 0) is 36.1 Å². The fraction of sp³-hybridized carbons (Fsp3) is 0.200. The highest BCUT2D eigenvalue weighted by molar-refractivity contribution is 6.30. The van der Waals surface area contributed by atoms with Gasteiger partial charge in [-0.15, -0.1) is 0 Å². The Morgan fingerprint density at radius 1 is 0.900 bits per heavy atom. The molecule has 0 bridgehead atoms. The molecule has 0 radical (unpaired) electrons. The van der Waals surface area contributed by atoms with Gasteiger partial charge in [0.2, 0.25) is 0 Å². The van der Waals surface area contributed by atoms with E-state index >= 15 is 0 Å². The zero-order valence-electron chi connectivity index (χ0n) is 10.5. The summed E-state index contributed by atoms with van der Waals surface area (Å²) < 4.78 is 40.3. The summed E-state index contributed by atoms with van der Waals surface area (Å²) in [5.74, 6) is -2.34. The maximum atomic E-state index is 13.7. The predicted molar refractivity (Wildman–Crippen MR) is 73.2 cm³/mol. The van der Waals surface area contributed by atoms with Crippen LogP contribution in [0.5, 0.6) is 0 Å². The van der Waals surface area contributed by atoms with Crippen LogP contribution in [0.25, 0.3) is 0 Å². The average molecular weight is 300 g/mol. The van der Waals surface area contributed by atoms with Gasteiger partial charge in [-0.1, -0.05) is 35.9 Å². The van der Waals surface area contributed by atoms with E-state index in [9.17, 15) is 13.2 Å². The van der Waals surface area contributed by atoms with Gasteiger partial charge in [-0.25, -0.2) is 13.2 Å². The average Bonchev–Trinajstić information content (AvgIpc) is 2.40. The maximum absolute atomic E-state index is 13.7. The van der Waals surface area contributed by atoms with Crippen LogP contribution in [0, 0.1) is 17.5 Å². The molecule has 5 heteroatoms. The lowest BCUT2D eigenvalue weighted by Crippen LogP contribution is -2.26. The third-order valence-electron chi connectivity index (χ3n) is 3.03. The molecule has 0 aromatic heterocycles. The molecule has 0 aliphatic carbocycles. The highest BCUT2D eigenvalue weighted by Crippen LogP contribution is 2.20. The molecule has 0 saturated carbocycles. The topological polar surface area (TPSA) is 26.0 Å². The van der Waals surface area contributed by atoms with E-state index in [0.29, 0.717) is 5.56 Å². The van der Waals surface area contributed by atoms with Crippen molar-refractivity contribution in [1.82, 2.24) is 0 Å². The van der Waals surface area contributed by atoms with Crippen LogP contribution in [0.3, 0.4) is 0 Å². The van der Waals surface area contributed by atoms with E-state index < -0.39 is 23.5 Å². The molecule has 0 amide bonds. The van der Waals surface area contributed by atoms with Gasteiger partial charge in [0.05, 0.1) is 5.02 Å². The molecule has 0 aliphatic heterocycles. The van der Waals surface area contributed by atoms with Crippen molar-refractivity contribution in [2.45, 2.75) is 18.9 Å². The van der Waals surface area contributed by atoms with Gasteiger partial charge in [0, 0.05) is 6.04 Å². The number of nitrogens with two attached hydrogens (primary N) is 1. The number of hydrogen-bond donors (Lipinski definition) is 1. The van der Waals surface area contributed by atoms with Gasteiger partial charge in [0.1, 0.15) is 5.82 Å². The van der Waals surface area contributed by atoms with E-state index in [4.69, 9.17) is 17.3 Å². The number of benzene rings is 2. The van der Waals surface area contributed by atoms with Crippen molar-refractivity contribution in [2.24, 2.45) is 5.73 Å². The third kappa shape index (κ3) is 3.32. The minimum atomic E-state index is -0.913. The van der Waals surface area contributed by atoms with E-state index in [-0.39, 0.29) is 23.4 Å². The zero-order chi connectivity index (χ0) is 14.7. The van der Waals surface area contributed by atoms with E-state index in [1.807, 2.05) is 0 Å². The lowest BCUT2D eigenvalue weighted by molar-refractivity contribution is 0.491. The van der Waals surface area contributed by atoms with Crippen LogP contribution < -0.4 is 5.73 Å². The minimum absolute atomic E-state index is 0.0200. The maximum Gasteiger partial charge on any atom is 0.162 e. The molecular weight excluding hydrogens is 287 g/mol. The van der Waals surface area contributed by atoms with Crippen molar-refractivity contribution in [1.29, 1.82) is 0 Å². The summed E-state index contributed by atoms with van der Waals surface area (Å²) in [4.78, 5) is 0. The molecule has 0 spiro atoms. The molecule has 1 unspecified atom stereocenters. The van der Waals surface area contributed by atoms with Crippen LogP contribution in [-0.4, -0.2) is 6.04 Å². The summed E-state index contributed by atoms with van der Waals surface area (Å²) in [5, 5.41) is 0.0200. The summed E-state index contributed by atoms with van der Waals surface area (Å²) in [7, 11) is 0. The second kappa shape index (κ2) is 6.29. The molecule has 106 valence electrons. The van der Waals surface area contributed by atoms with Crippen molar-refractivity contribution < 1.29 is 13.2 Å². The highest BCUT2D eigenvalue weighted by atomic mass is 35.5. The smallest absolute Gasteiger partial charge is 0.162 e. The van der Waals surface area contributed by atoms with E-state index in [1.165, 1.54) is 18.2 Å². The van der Waals surface area contributed by atoms with Crippen molar-refractivity contribution in [3.05, 3.63) is 70.0 Å². The van der Waals surface area contributed by atoms with Gasteiger partial charge < -0.3 is 5.73 Å². The van der Waals surface area contributed by atoms with Gasteiger partial charge in [-0.3, -0.25) is 0 Å². The molecule has 0 aliphatic rings. The Balaban J connectivity index is 2.11. The minimum Gasteiger partial charge on any atom is -0.327 e. The lowest BCUT2D eigenvalue weighted by atomic mass is 9.99. The molecular formula is C15H13ClF3N. The van der Waals surface area contributed by atoms with Crippen molar-refractivity contribution in [3.63, 3.8) is 0 Å². The Kier molecular flexibility index (Phi) is 4.68. The molecule has 0 saturated heterocycles. The molecule has 2 aromatic rings. The second-order valence-corrected chi connectivity index (χ2v) is 5.00. The van der Waals surface area contributed by atoms with Crippen LogP contribution in [0.2, 0.25) is 5.02 Å². The molecule has 2 N–H and O–H groups in total.